The van der Waals surface area contributed by atoms with Crippen LogP contribution < -0.4 is 11.1 Å². The summed E-state index contributed by atoms with van der Waals surface area (Å²) in [4.78, 5) is 0. The van der Waals surface area contributed by atoms with Gasteiger partial charge in [-0.2, -0.15) is 0 Å². The van der Waals surface area contributed by atoms with Crippen molar-refractivity contribution >= 4 is 5.69 Å². The molecule has 0 aliphatic heterocycles. The van der Waals surface area contributed by atoms with Crippen molar-refractivity contribution < 1.29 is 0 Å². The molecule has 1 atom stereocenters. The Morgan fingerprint density at radius 3 is 2.54 bits per heavy atom. The first kappa shape index (κ1) is 10.1. The van der Waals surface area contributed by atoms with Gasteiger partial charge in [-0.15, -0.1) is 0 Å². The fourth-order valence-electron chi connectivity index (χ4n) is 1.13. The molecule has 1 unspecified atom stereocenters. The van der Waals surface area contributed by atoms with Crippen molar-refractivity contribution in [1.82, 2.24) is 0 Å². The maximum Gasteiger partial charge on any atom is 0.0343 e. The first-order chi connectivity index (χ1) is 6.09. The van der Waals surface area contributed by atoms with Crippen molar-refractivity contribution in [3.8, 4) is 0 Å². The molecule has 0 aliphatic rings. The van der Waals surface area contributed by atoms with Crippen LogP contribution in [0.2, 0.25) is 0 Å². The summed E-state index contributed by atoms with van der Waals surface area (Å²) < 4.78 is 0. The van der Waals surface area contributed by atoms with Gasteiger partial charge in [0.05, 0.1) is 0 Å². The van der Waals surface area contributed by atoms with E-state index in [4.69, 9.17) is 5.73 Å². The minimum atomic E-state index is 0.196. The average Bonchev–Trinajstić information content (AvgIpc) is 2.07. The zero-order chi connectivity index (χ0) is 9.84. The van der Waals surface area contributed by atoms with Gasteiger partial charge in [0.2, 0.25) is 0 Å². The Kier molecular flexibility index (Phi) is 3.32. The highest BCUT2D eigenvalue weighted by molar-refractivity contribution is 5.48. The Labute approximate surface area is 80.1 Å². The lowest BCUT2D eigenvalue weighted by Crippen LogP contribution is -2.25. The molecule has 1 aromatic carbocycles. The summed E-state index contributed by atoms with van der Waals surface area (Å²) in [7, 11) is 0. The van der Waals surface area contributed by atoms with Crippen LogP contribution in [0, 0.1) is 13.8 Å². The van der Waals surface area contributed by atoms with Crippen LogP contribution in [0.25, 0.3) is 0 Å². The number of hydrogen-bond acceptors (Lipinski definition) is 2. The SMILES string of the molecule is Cc1ccc(NCC(C)N)cc1C. The Hall–Kier alpha value is -1.02. The topological polar surface area (TPSA) is 38.0 Å². The maximum absolute atomic E-state index is 5.65. The molecule has 3 N–H and O–H groups in total. The Morgan fingerprint density at radius 2 is 2.00 bits per heavy atom. The molecule has 0 bridgehead atoms. The first-order valence-electron chi connectivity index (χ1n) is 4.66. The van der Waals surface area contributed by atoms with E-state index in [0.29, 0.717) is 0 Å². The molecule has 0 fully saturated rings. The number of nitrogens with two attached hydrogens (primary N) is 1. The largest absolute Gasteiger partial charge is 0.383 e. The lowest BCUT2D eigenvalue weighted by Gasteiger charge is -2.10. The lowest BCUT2D eigenvalue weighted by atomic mass is 10.1. The smallest absolute Gasteiger partial charge is 0.0343 e. The summed E-state index contributed by atoms with van der Waals surface area (Å²) in [5.74, 6) is 0. The molecule has 0 spiro atoms. The Balaban J connectivity index is 2.63. The van der Waals surface area contributed by atoms with Crippen molar-refractivity contribution in [2.75, 3.05) is 11.9 Å². The molecule has 0 saturated carbocycles. The second kappa shape index (κ2) is 4.28. The molecule has 0 amide bonds. The number of aryl methyl sites for hydroxylation is 2. The van der Waals surface area contributed by atoms with Gasteiger partial charge in [-0.25, -0.2) is 0 Å². The van der Waals surface area contributed by atoms with Crippen molar-refractivity contribution in [3.63, 3.8) is 0 Å². The van der Waals surface area contributed by atoms with Crippen LogP contribution >= 0.6 is 0 Å². The summed E-state index contributed by atoms with van der Waals surface area (Å²) in [5.41, 5.74) is 9.44. The third-order valence-electron chi connectivity index (χ3n) is 2.14. The van der Waals surface area contributed by atoms with Crippen LogP contribution in [0.5, 0.6) is 0 Å². The second-order valence-corrected chi connectivity index (χ2v) is 3.66. The number of rotatable bonds is 3. The Bertz CT molecular complexity index is 279. The highest BCUT2D eigenvalue weighted by Crippen LogP contribution is 2.13. The molecule has 0 aliphatic carbocycles. The van der Waals surface area contributed by atoms with Crippen molar-refractivity contribution in [1.29, 1.82) is 0 Å². The van der Waals surface area contributed by atoms with E-state index in [0.717, 1.165) is 12.2 Å². The van der Waals surface area contributed by atoms with Crippen molar-refractivity contribution in [3.05, 3.63) is 29.3 Å². The number of nitrogens with one attached hydrogen (secondary N) is 1. The van der Waals surface area contributed by atoms with E-state index in [-0.39, 0.29) is 6.04 Å². The molecular weight excluding hydrogens is 160 g/mol. The second-order valence-electron chi connectivity index (χ2n) is 3.66. The van der Waals surface area contributed by atoms with Crippen LogP contribution in [0.3, 0.4) is 0 Å². The van der Waals surface area contributed by atoms with Gasteiger partial charge >= 0.3 is 0 Å². The van der Waals surface area contributed by atoms with E-state index in [1.54, 1.807) is 0 Å². The third-order valence-corrected chi connectivity index (χ3v) is 2.14. The van der Waals surface area contributed by atoms with E-state index in [9.17, 15) is 0 Å². The fourth-order valence-corrected chi connectivity index (χ4v) is 1.13. The lowest BCUT2D eigenvalue weighted by molar-refractivity contribution is 0.780. The van der Waals surface area contributed by atoms with Gasteiger partial charge in [0.1, 0.15) is 0 Å². The van der Waals surface area contributed by atoms with Gasteiger partial charge in [-0.1, -0.05) is 6.07 Å². The van der Waals surface area contributed by atoms with Crippen LogP contribution in [-0.2, 0) is 0 Å². The highest BCUT2D eigenvalue weighted by Gasteiger charge is 1.96. The molecule has 13 heavy (non-hydrogen) atoms. The molecule has 0 heterocycles. The molecule has 1 aromatic rings. The zero-order valence-corrected chi connectivity index (χ0v) is 8.59. The molecule has 0 radical (unpaired) electrons. The summed E-state index contributed by atoms with van der Waals surface area (Å²) in [6, 6.07) is 6.56. The van der Waals surface area contributed by atoms with Gasteiger partial charge in [0, 0.05) is 18.3 Å². The first-order valence-corrected chi connectivity index (χ1v) is 4.66. The molecule has 0 saturated heterocycles. The monoisotopic (exact) mass is 178 g/mol. The predicted octanol–water partition coefficient (Wildman–Crippen LogP) is 2.06. The molecule has 0 aromatic heterocycles. The summed E-state index contributed by atoms with van der Waals surface area (Å²) >= 11 is 0. The molecule has 1 rings (SSSR count). The standard InChI is InChI=1S/C11H18N2/c1-8-4-5-11(6-9(8)2)13-7-10(3)12/h4-6,10,13H,7,12H2,1-3H3. The van der Waals surface area contributed by atoms with Gasteiger partial charge in [-0.3, -0.25) is 0 Å². The van der Waals surface area contributed by atoms with Gasteiger partial charge in [-0.05, 0) is 44.0 Å². The van der Waals surface area contributed by atoms with Crippen molar-refractivity contribution in [2.45, 2.75) is 26.8 Å². The maximum atomic E-state index is 5.65. The fraction of sp³-hybridized carbons (Fsp3) is 0.455. The number of hydrogen-bond donors (Lipinski definition) is 2. The Morgan fingerprint density at radius 1 is 1.31 bits per heavy atom. The molecule has 2 heteroatoms. The summed E-state index contributed by atoms with van der Waals surface area (Å²) in [5, 5.41) is 3.29. The summed E-state index contributed by atoms with van der Waals surface area (Å²) in [6.45, 7) is 7.05. The van der Waals surface area contributed by atoms with E-state index < -0.39 is 0 Å². The molecule has 2 nitrogen and oxygen atoms in total. The van der Waals surface area contributed by atoms with E-state index in [1.165, 1.54) is 11.1 Å². The predicted molar refractivity (Wildman–Crippen MR) is 58.1 cm³/mol. The van der Waals surface area contributed by atoms with E-state index >= 15 is 0 Å². The number of anilines is 1. The van der Waals surface area contributed by atoms with Crippen LogP contribution in [-0.4, -0.2) is 12.6 Å². The minimum absolute atomic E-state index is 0.196. The van der Waals surface area contributed by atoms with E-state index in [2.05, 4.69) is 37.4 Å². The normalized spacial score (nSPS) is 12.6. The van der Waals surface area contributed by atoms with Gasteiger partial charge in [0.15, 0.2) is 0 Å². The highest BCUT2D eigenvalue weighted by atomic mass is 14.9. The molecule has 72 valence electrons. The molecular formula is C11H18N2. The summed E-state index contributed by atoms with van der Waals surface area (Å²) in [6.07, 6.45) is 0. The van der Waals surface area contributed by atoms with Gasteiger partial charge < -0.3 is 11.1 Å². The van der Waals surface area contributed by atoms with Crippen LogP contribution in [0.1, 0.15) is 18.1 Å². The van der Waals surface area contributed by atoms with Gasteiger partial charge in [0.25, 0.3) is 0 Å². The zero-order valence-electron chi connectivity index (χ0n) is 8.59. The minimum Gasteiger partial charge on any atom is -0.383 e. The van der Waals surface area contributed by atoms with Crippen molar-refractivity contribution in [2.24, 2.45) is 5.73 Å². The van der Waals surface area contributed by atoms with Crippen LogP contribution in [0.15, 0.2) is 18.2 Å². The third kappa shape index (κ3) is 3.07. The van der Waals surface area contributed by atoms with E-state index in [1.807, 2.05) is 6.92 Å². The van der Waals surface area contributed by atoms with Crippen LogP contribution in [0.4, 0.5) is 5.69 Å². The average molecular weight is 178 g/mol. The quantitative estimate of drug-likeness (QED) is 0.743. The number of benzene rings is 1.